The fraction of sp³-hybridized carbons (Fsp3) is 0.233. The molecule has 0 spiro atoms. The number of nitrogens with one attached hydrogen (secondary N) is 1. The van der Waals surface area contributed by atoms with Crippen molar-refractivity contribution < 1.29 is 19.4 Å². The van der Waals surface area contributed by atoms with Crippen LogP contribution in [0.15, 0.2) is 73.4 Å². The van der Waals surface area contributed by atoms with Crippen LogP contribution in [0.4, 0.5) is 21.9 Å². The SMILES string of the molecule is C=CC(=O)N1CC[C@@H](N(C)C(O)c2sc3nccc4c3c2NC(=O)N4c2ccc(Oc3ccccc3)cc2C)C1. The van der Waals surface area contributed by atoms with Crippen molar-refractivity contribution in [2.24, 2.45) is 0 Å². The summed E-state index contributed by atoms with van der Waals surface area (Å²) in [5.74, 6) is 1.30. The Kier molecular flexibility index (Phi) is 6.75. The number of thiophene rings is 1. The summed E-state index contributed by atoms with van der Waals surface area (Å²) in [6.07, 6.45) is 2.75. The van der Waals surface area contributed by atoms with Gasteiger partial charge in [-0.3, -0.25) is 14.6 Å². The Hall–Kier alpha value is -4.25. The normalized spacial score (nSPS) is 17.3. The van der Waals surface area contributed by atoms with Crippen LogP contribution in [0.5, 0.6) is 11.5 Å². The van der Waals surface area contributed by atoms with Gasteiger partial charge in [-0.25, -0.2) is 9.78 Å². The molecule has 3 amide bonds. The van der Waals surface area contributed by atoms with E-state index in [-0.39, 0.29) is 18.0 Å². The molecule has 2 aromatic carbocycles. The van der Waals surface area contributed by atoms with Gasteiger partial charge in [-0.05, 0) is 68.4 Å². The molecule has 9 nitrogen and oxygen atoms in total. The van der Waals surface area contributed by atoms with Gasteiger partial charge in [-0.1, -0.05) is 24.8 Å². The molecule has 6 rings (SSSR count). The van der Waals surface area contributed by atoms with Gasteiger partial charge in [0, 0.05) is 25.3 Å². The van der Waals surface area contributed by atoms with Crippen molar-refractivity contribution >= 4 is 50.6 Å². The second-order valence-corrected chi connectivity index (χ2v) is 11.0. The summed E-state index contributed by atoms with van der Waals surface area (Å²) >= 11 is 1.36. The number of aliphatic hydroxyl groups is 1. The average Bonchev–Trinajstić information content (AvgIpc) is 3.60. The monoisotopic (exact) mass is 555 g/mol. The van der Waals surface area contributed by atoms with Gasteiger partial charge in [0.15, 0.2) is 0 Å². The molecule has 10 heteroatoms. The highest BCUT2D eigenvalue weighted by atomic mass is 32.1. The number of nitrogens with zero attached hydrogens (tertiary/aromatic N) is 4. The predicted molar refractivity (Wildman–Crippen MR) is 156 cm³/mol. The highest BCUT2D eigenvalue weighted by Crippen LogP contribution is 2.49. The molecule has 0 saturated carbocycles. The highest BCUT2D eigenvalue weighted by molar-refractivity contribution is 7.19. The number of para-hydroxylation sites is 1. The first kappa shape index (κ1) is 26.0. The Balaban J connectivity index is 1.31. The quantitative estimate of drug-likeness (QED) is 0.221. The Labute approximate surface area is 235 Å². The molecule has 0 radical (unpaired) electrons. The van der Waals surface area contributed by atoms with E-state index in [1.165, 1.54) is 17.4 Å². The van der Waals surface area contributed by atoms with Crippen molar-refractivity contribution in [3.05, 3.63) is 83.9 Å². The summed E-state index contributed by atoms with van der Waals surface area (Å²) in [7, 11) is 1.84. The molecule has 0 aliphatic carbocycles. The number of aromatic nitrogens is 1. The molecule has 2 aliphatic heterocycles. The minimum absolute atomic E-state index is 0.0289. The highest BCUT2D eigenvalue weighted by Gasteiger charge is 2.37. The van der Waals surface area contributed by atoms with Crippen LogP contribution in [0.3, 0.4) is 0 Å². The number of benzene rings is 2. The molecule has 204 valence electrons. The predicted octanol–water partition coefficient (Wildman–Crippen LogP) is 5.79. The molecule has 4 heterocycles. The van der Waals surface area contributed by atoms with E-state index in [1.54, 1.807) is 16.0 Å². The number of rotatable bonds is 7. The third-order valence-electron chi connectivity index (χ3n) is 7.51. The van der Waals surface area contributed by atoms with Crippen LogP contribution in [-0.2, 0) is 4.79 Å². The number of carbonyl (C=O) groups excluding carboxylic acids is 2. The standard InChI is InChI=1S/C30H29N5O4S/c1-4-24(36)34-15-13-19(17-34)33(3)29(37)27-26-25-23(12-14-31-28(25)40-27)35(30(38)32-26)22-11-10-21(16-18(22)2)39-20-8-6-5-7-9-20/h4-12,14,16,19,29,37H,1,13,15,17H2,2-3H3,(H,32,38)/t19-,29?/m1/s1. The van der Waals surface area contributed by atoms with Crippen LogP contribution in [0.25, 0.3) is 10.2 Å². The third-order valence-corrected chi connectivity index (χ3v) is 8.64. The van der Waals surface area contributed by atoms with E-state index in [1.807, 2.05) is 73.5 Å². The number of ether oxygens (including phenoxy) is 1. The first-order valence-corrected chi connectivity index (χ1v) is 13.8. The van der Waals surface area contributed by atoms with Gasteiger partial charge >= 0.3 is 6.03 Å². The summed E-state index contributed by atoms with van der Waals surface area (Å²) < 4.78 is 5.98. The van der Waals surface area contributed by atoms with Crippen LogP contribution >= 0.6 is 11.3 Å². The molecule has 40 heavy (non-hydrogen) atoms. The second-order valence-electron chi connectivity index (χ2n) is 9.95. The zero-order valence-electron chi connectivity index (χ0n) is 22.2. The first-order chi connectivity index (χ1) is 19.4. The van der Waals surface area contributed by atoms with Crippen LogP contribution in [0.2, 0.25) is 0 Å². The number of pyridine rings is 1. The Morgan fingerprint density at radius 3 is 2.77 bits per heavy atom. The fourth-order valence-electron chi connectivity index (χ4n) is 5.38. The van der Waals surface area contributed by atoms with Gasteiger partial charge < -0.3 is 20.1 Å². The lowest BCUT2D eigenvalue weighted by Gasteiger charge is -2.32. The molecule has 2 N–H and O–H groups in total. The van der Waals surface area contributed by atoms with Crippen molar-refractivity contribution in [3.63, 3.8) is 0 Å². The molecule has 2 aromatic heterocycles. The van der Waals surface area contributed by atoms with E-state index in [2.05, 4.69) is 16.9 Å². The third kappa shape index (κ3) is 4.49. The summed E-state index contributed by atoms with van der Waals surface area (Å²) in [6, 6.07) is 16.6. The van der Waals surface area contributed by atoms with Crippen LogP contribution in [0.1, 0.15) is 23.1 Å². The number of hydrogen-bond acceptors (Lipinski definition) is 7. The van der Waals surface area contributed by atoms with Gasteiger partial charge in [0.2, 0.25) is 5.91 Å². The Bertz CT molecular complexity index is 1620. The molecule has 2 atom stereocenters. The number of likely N-dealkylation sites (tertiary alicyclic amines) is 1. The van der Waals surface area contributed by atoms with E-state index in [4.69, 9.17) is 4.74 Å². The smallest absolute Gasteiger partial charge is 0.331 e. The molecule has 4 aromatic rings. The summed E-state index contributed by atoms with van der Waals surface area (Å²) in [5.41, 5.74) is 2.86. The van der Waals surface area contributed by atoms with Crippen molar-refractivity contribution in [1.29, 1.82) is 0 Å². The number of aliphatic hydroxyl groups excluding tert-OH is 1. The second kappa shape index (κ2) is 10.4. The van der Waals surface area contributed by atoms with Gasteiger partial charge in [0.05, 0.1) is 27.3 Å². The summed E-state index contributed by atoms with van der Waals surface area (Å²) in [6.45, 7) is 6.62. The number of hydrogen-bond donors (Lipinski definition) is 2. The lowest BCUT2D eigenvalue weighted by Crippen LogP contribution is -2.39. The van der Waals surface area contributed by atoms with Crippen molar-refractivity contribution in [2.75, 3.05) is 30.4 Å². The molecule has 1 unspecified atom stereocenters. The van der Waals surface area contributed by atoms with Crippen molar-refractivity contribution in [3.8, 4) is 11.5 Å². The van der Waals surface area contributed by atoms with Gasteiger partial charge in [-0.15, -0.1) is 11.3 Å². The zero-order chi connectivity index (χ0) is 28.0. The van der Waals surface area contributed by atoms with Gasteiger partial charge in [-0.2, -0.15) is 0 Å². The maximum atomic E-state index is 13.6. The molecule has 1 fully saturated rings. The maximum Gasteiger partial charge on any atom is 0.331 e. The molecular formula is C30H29N5O4S. The number of anilines is 3. The molecular weight excluding hydrogens is 526 g/mol. The largest absolute Gasteiger partial charge is 0.457 e. The van der Waals surface area contributed by atoms with Crippen LogP contribution in [0, 0.1) is 6.92 Å². The van der Waals surface area contributed by atoms with Crippen LogP contribution < -0.4 is 15.0 Å². The fourth-order valence-corrected chi connectivity index (χ4v) is 6.54. The minimum atomic E-state index is -0.978. The van der Waals surface area contributed by atoms with Gasteiger partial charge in [0.1, 0.15) is 22.6 Å². The van der Waals surface area contributed by atoms with Crippen LogP contribution in [-0.4, -0.2) is 58.0 Å². The Morgan fingerprint density at radius 1 is 1.23 bits per heavy atom. The number of aryl methyl sites for hydroxylation is 1. The van der Waals surface area contributed by atoms with E-state index in [0.717, 1.165) is 33.6 Å². The lowest BCUT2D eigenvalue weighted by atomic mass is 10.1. The van der Waals surface area contributed by atoms with E-state index >= 15 is 0 Å². The first-order valence-electron chi connectivity index (χ1n) is 13.0. The number of likely N-dealkylation sites (N-methyl/N-ethyl adjacent to an activating group) is 1. The number of carbonyl (C=O) groups is 2. The molecule has 2 aliphatic rings. The lowest BCUT2D eigenvalue weighted by molar-refractivity contribution is -0.125. The van der Waals surface area contributed by atoms with Crippen molar-refractivity contribution in [2.45, 2.75) is 25.6 Å². The summed E-state index contributed by atoms with van der Waals surface area (Å²) in [5, 5.41) is 15.2. The number of amides is 3. The van der Waals surface area contributed by atoms with Crippen molar-refractivity contribution in [1.82, 2.24) is 14.8 Å². The zero-order valence-corrected chi connectivity index (χ0v) is 23.0. The van der Waals surface area contributed by atoms with E-state index in [9.17, 15) is 14.7 Å². The average molecular weight is 556 g/mol. The number of urea groups is 1. The topological polar surface area (TPSA) is 98.2 Å². The van der Waals surface area contributed by atoms with Gasteiger partial charge in [0.25, 0.3) is 0 Å². The van der Waals surface area contributed by atoms with E-state index in [0.29, 0.717) is 35.1 Å². The van der Waals surface area contributed by atoms with E-state index < -0.39 is 6.23 Å². The Morgan fingerprint density at radius 2 is 2.02 bits per heavy atom. The maximum absolute atomic E-state index is 13.6. The molecule has 0 bridgehead atoms. The molecule has 1 saturated heterocycles. The summed E-state index contributed by atoms with van der Waals surface area (Å²) in [4.78, 5) is 36.8. The minimum Gasteiger partial charge on any atom is -0.457 e.